The first-order chi connectivity index (χ1) is 11.5. The zero-order valence-electron chi connectivity index (χ0n) is 13.9. The molecule has 24 heavy (non-hydrogen) atoms. The number of hydrogen-bond donors (Lipinski definition) is 3. The van der Waals surface area contributed by atoms with Crippen LogP contribution in [0, 0.1) is 23.7 Å². The lowest BCUT2D eigenvalue weighted by molar-refractivity contribution is -0.151. The van der Waals surface area contributed by atoms with Crippen molar-refractivity contribution in [3.05, 3.63) is 11.1 Å². The molecule has 3 N–H and O–H groups in total. The Balaban J connectivity index is 1.65. The van der Waals surface area contributed by atoms with Gasteiger partial charge < -0.3 is 15.3 Å². The Labute approximate surface area is 141 Å². The number of hydrogen-bond acceptors (Lipinski definition) is 5. The van der Waals surface area contributed by atoms with E-state index in [1.165, 1.54) is 11.1 Å². The van der Waals surface area contributed by atoms with Gasteiger partial charge in [0.2, 0.25) is 0 Å². The summed E-state index contributed by atoms with van der Waals surface area (Å²) in [6.45, 7) is -0.638. The summed E-state index contributed by atoms with van der Waals surface area (Å²) in [5.41, 5.74) is 1.06. The number of allylic oxidation sites excluding steroid dienone is 1. The fourth-order valence-electron chi connectivity index (χ4n) is 6.22. The molecule has 0 unspecified atom stereocenters. The average molecular weight is 334 g/mol. The quantitative estimate of drug-likeness (QED) is 0.659. The first-order valence-electron chi connectivity index (χ1n) is 9.22. The van der Waals surface area contributed by atoms with Gasteiger partial charge in [-0.25, -0.2) is 0 Å². The molecule has 0 bridgehead atoms. The largest absolute Gasteiger partial charge is 0.392 e. The highest BCUT2D eigenvalue weighted by atomic mass is 16.3. The first-order valence-corrected chi connectivity index (χ1v) is 9.22. The molecule has 0 amide bonds. The number of ketones is 2. The summed E-state index contributed by atoms with van der Waals surface area (Å²) in [6, 6.07) is 0. The van der Waals surface area contributed by atoms with Crippen molar-refractivity contribution < 1.29 is 24.9 Å². The predicted octanol–water partition coefficient (Wildman–Crippen LogP) is 1.15. The van der Waals surface area contributed by atoms with Crippen molar-refractivity contribution in [1.29, 1.82) is 0 Å². The Bertz CT molecular complexity index is 609. The smallest absolute Gasteiger partial charge is 0.189 e. The maximum Gasteiger partial charge on any atom is 0.189 e. The van der Waals surface area contributed by atoms with Crippen molar-refractivity contribution in [3.8, 4) is 0 Å². The van der Waals surface area contributed by atoms with Crippen LogP contribution >= 0.6 is 0 Å². The zero-order valence-corrected chi connectivity index (χ0v) is 13.9. The third kappa shape index (κ3) is 2.25. The molecule has 0 spiro atoms. The lowest BCUT2D eigenvalue weighted by Gasteiger charge is -2.50. The molecule has 6 atom stereocenters. The molecule has 5 heteroatoms. The van der Waals surface area contributed by atoms with Crippen LogP contribution in [0.4, 0.5) is 0 Å². The van der Waals surface area contributed by atoms with Gasteiger partial charge in [0.15, 0.2) is 5.78 Å². The van der Waals surface area contributed by atoms with Crippen LogP contribution in [0.1, 0.15) is 51.4 Å². The second-order valence-corrected chi connectivity index (χ2v) is 8.19. The minimum absolute atomic E-state index is 0.0923. The molecule has 5 nitrogen and oxygen atoms in total. The average Bonchev–Trinajstić information content (AvgIpc) is 2.91. The van der Waals surface area contributed by atoms with Gasteiger partial charge in [-0.05, 0) is 50.4 Å². The van der Waals surface area contributed by atoms with E-state index in [9.17, 15) is 24.9 Å². The van der Waals surface area contributed by atoms with Crippen LogP contribution in [-0.2, 0) is 9.59 Å². The normalized spacial score (nSPS) is 44.8. The fraction of sp³-hybridized carbons (Fsp3) is 0.789. The molecule has 0 aromatic rings. The third-order valence-electron chi connectivity index (χ3n) is 7.26. The van der Waals surface area contributed by atoms with Crippen molar-refractivity contribution in [1.82, 2.24) is 0 Å². The Morgan fingerprint density at radius 1 is 1.17 bits per heavy atom. The van der Waals surface area contributed by atoms with Crippen molar-refractivity contribution in [2.45, 2.75) is 63.1 Å². The molecular formula is C19H26O5. The molecule has 2 saturated carbocycles. The summed E-state index contributed by atoms with van der Waals surface area (Å²) >= 11 is 0. The fourth-order valence-corrected chi connectivity index (χ4v) is 6.22. The van der Waals surface area contributed by atoms with Gasteiger partial charge in [0, 0.05) is 24.7 Å². The minimum atomic E-state index is -1.47. The van der Waals surface area contributed by atoms with Crippen molar-refractivity contribution >= 4 is 11.6 Å². The van der Waals surface area contributed by atoms with Crippen molar-refractivity contribution in [2.24, 2.45) is 23.7 Å². The van der Waals surface area contributed by atoms with Crippen molar-refractivity contribution in [3.63, 3.8) is 0 Å². The van der Waals surface area contributed by atoms with E-state index in [1.807, 2.05) is 0 Å². The zero-order chi connectivity index (χ0) is 17.1. The lowest BCUT2D eigenvalue weighted by atomic mass is 9.56. The molecule has 4 aliphatic rings. The number of Topliss-reactive ketones (excluding diaryl/α,β-unsaturated/α-hetero) is 2. The van der Waals surface area contributed by atoms with E-state index in [2.05, 4.69) is 0 Å². The molecule has 4 aliphatic carbocycles. The highest BCUT2D eigenvalue weighted by molar-refractivity contribution is 5.88. The van der Waals surface area contributed by atoms with E-state index in [1.54, 1.807) is 0 Å². The summed E-state index contributed by atoms with van der Waals surface area (Å²) in [5, 5.41) is 30.9. The minimum Gasteiger partial charge on any atom is -0.392 e. The van der Waals surface area contributed by atoms with Gasteiger partial charge in [-0.1, -0.05) is 11.1 Å². The van der Waals surface area contributed by atoms with Crippen LogP contribution in [0.2, 0.25) is 0 Å². The molecule has 4 rings (SSSR count). The predicted molar refractivity (Wildman–Crippen MR) is 86.0 cm³/mol. The SMILES string of the molecule is O=C1CCC2=C(CC[C@H]3[C@@H]4CC[C@](O)(C(=O)CO)[C@H]4C[C@H](O)[C@H]23)C1. The molecule has 0 heterocycles. The van der Waals surface area contributed by atoms with E-state index in [4.69, 9.17) is 0 Å². The topological polar surface area (TPSA) is 94.8 Å². The van der Waals surface area contributed by atoms with Crippen LogP contribution < -0.4 is 0 Å². The Kier molecular flexibility index (Phi) is 3.94. The van der Waals surface area contributed by atoms with Gasteiger partial charge in [0.1, 0.15) is 18.0 Å². The number of aliphatic hydroxyl groups is 3. The maximum atomic E-state index is 12.1. The van der Waals surface area contributed by atoms with Gasteiger partial charge in [-0.15, -0.1) is 0 Å². The Morgan fingerprint density at radius 3 is 2.71 bits per heavy atom. The van der Waals surface area contributed by atoms with Crippen LogP contribution in [0.15, 0.2) is 11.1 Å². The standard InChI is InChI=1S/C19H26O5/c20-9-17(23)19(24)6-5-13-14-3-1-10-7-11(21)2-4-12(10)18(14)16(22)8-15(13)19/h13-16,18,20,22,24H,1-9H2/t13-,14-,15-,16-,18+,19+/m0/s1. The van der Waals surface area contributed by atoms with E-state index < -0.39 is 24.1 Å². The Hall–Kier alpha value is -1.04. The van der Waals surface area contributed by atoms with Gasteiger partial charge in [-0.3, -0.25) is 9.59 Å². The Morgan fingerprint density at radius 2 is 1.96 bits per heavy atom. The van der Waals surface area contributed by atoms with E-state index in [0.717, 1.165) is 25.7 Å². The summed E-state index contributed by atoms with van der Waals surface area (Å²) < 4.78 is 0. The van der Waals surface area contributed by atoms with Gasteiger partial charge in [-0.2, -0.15) is 0 Å². The second kappa shape index (κ2) is 5.75. The van der Waals surface area contributed by atoms with E-state index >= 15 is 0 Å². The van der Waals surface area contributed by atoms with Crippen LogP contribution in [0.25, 0.3) is 0 Å². The first kappa shape index (κ1) is 16.4. The lowest BCUT2D eigenvalue weighted by Crippen LogP contribution is -2.53. The van der Waals surface area contributed by atoms with Gasteiger partial charge in [0.05, 0.1) is 6.10 Å². The molecule has 132 valence electrons. The highest BCUT2D eigenvalue weighted by Gasteiger charge is 2.59. The highest BCUT2D eigenvalue weighted by Crippen LogP contribution is 2.58. The third-order valence-corrected chi connectivity index (χ3v) is 7.26. The van der Waals surface area contributed by atoms with Gasteiger partial charge in [0.25, 0.3) is 0 Å². The molecule has 2 fully saturated rings. The summed E-state index contributed by atoms with van der Waals surface area (Å²) in [4.78, 5) is 23.8. The number of rotatable bonds is 2. The maximum absolute atomic E-state index is 12.1. The molecule has 0 aliphatic heterocycles. The number of fused-ring (bicyclic) bond motifs is 4. The number of carbonyl (C=O) groups excluding carboxylic acids is 2. The molecule has 0 radical (unpaired) electrons. The van der Waals surface area contributed by atoms with E-state index in [0.29, 0.717) is 31.5 Å². The van der Waals surface area contributed by atoms with E-state index in [-0.39, 0.29) is 23.7 Å². The molecule has 0 aromatic heterocycles. The molecule has 0 aromatic carbocycles. The van der Waals surface area contributed by atoms with Crippen molar-refractivity contribution in [2.75, 3.05) is 6.61 Å². The summed E-state index contributed by atoms with van der Waals surface area (Å²) in [7, 11) is 0. The molecule has 0 saturated heterocycles. The summed E-state index contributed by atoms with van der Waals surface area (Å²) in [6.07, 6.45) is 4.75. The second-order valence-electron chi connectivity index (χ2n) is 8.19. The van der Waals surface area contributed by atoms with Gasteiger partial charge >= 0.3 is 0 Å². The number of carbonyl (C=O) groups is 2. The van der Waals surface area contributed by atoms with Crippen LogP contribution in [-0.4, -0.2) is 45.2 Å². The summed E-state index contributed by atoms with van der Waals surface area (Å²) in [5.74, 6) is 0.158. The monoisotopic (exact) mass is 334 g/mol. The van der Waals surface area contributed by atoms with Crippen LogP contribution in [0.5, 0.6) is 0 Å². The van der Waals surface area contributed by atoms with Crippen LogP contribution in [0.3, 0.4) is 0 Å². The number of aliphatic hydroxyl groups excluding tert-OH is 2. The molecular weight excluding hydrogens is 308 g/mol.